The van der Waals surface area contributed by atoms with Crippen molar-refractivity contribution in [2.24, 2.45) is 5.92 Å². The van der Waals surface area contributed by atoms with Crippen molar-refractivity contribution < 1.29 is 0 Å². The van der Waals surface area contributed by atoms with Crippen LogP contribution in [0, 0.1) is 5.92 Å². The zero-order valence-corrected chi connectivity index (χ0v) is 14.1. The summed E-state index contributed by atoms with van der Waals surface area (Å²) in [6.45, 7) is 11.4. The number of hydrogen-bond donors (Lipinski definition) is 1. The van der Waals surface area contributed by atoms with Gasteiger partial charge in [-0.05, 0) is 43.0 Å². The predicted molar refractivity (Wildman–Crippen MR) is 91.3 cm³/mol. The second-order valence-electron chi connectivity index (χ2n) is 6.86. The van der Waals surface area contributed by atoms with E-state index in [1.165, 1.54) is 49.9 Å². The highest BCUT2D eigenvalue weighted by atomic mass is 15.1. The average Bonchev–Trinajstić information content (AvgIpc) is 2.48. The molecule has 2 heteroatoms. The first-order valence-corrected chi connectivity index (χ1v) is 8.71. The van der Waals surface area contributed by atoms with Crippen molar-refractivity contribution >= 4 is 0 Å². The van der Waals surface area contributed by atoms with Crippen molar-refractivity contribution in [3.05, 3.63) is 35.4 Å². The molecule has 0 unspecified atom stereocenters. The van der Waals surface area contributed by atoms with Gasteiger partial charge in [0.2, 0.25) is 0 Å². The van der Waals surface area contributed by atoms with E-state index in [0.29, 0.717) is 6.04 Å². The molecular formula is C19H32N2. The largest absolute Gasteiger partial charge is 0.310 e. The summed E-state index contributed by atoms with van der Waals surface area (Å²) in [5.74, 6) is 0.979. The summed E-state index contributed by atoms with van der Waals surface area (Å²) in [5.41, 5.74) is 2.87. The lowest BCUT2D eigenvalue weighted by Gasteiger charge is -2.32. The van der Waals surface area contributed by atoms with Crippen LogP contribution in [0.15, 0.2) is 24.3 Å². The normalized spacial score (nSPS) is 17.5. The highest BCUT2D eigenvalue weighted by Gasteiger charge is 2.18. The molecule has 118 valence electrons. The van der Waals surface area contributed by atoms with Crippen molar-refractivity contribution in [1.29, 1.82) is 0 Å². The van der Waals surface area contributed by atoms with Crippen LogP contribution in [0.5, 0.6) is 0 Å². The number of nitrogens with zero attached hydrogens (tertiary/aromatic N) is 1. The summed E-state index contributed by atoms with van der Waals surface area (Å²) in [4.78, 5) is 2.63. The Morgan fingerprint density at radius 1 is 1.19 bits per heavy atom. The molecule has 1 aliphatic heterocycles. The molecule has 0 atom stereocenters. The summed E-state index contributed by atoms with van der Waals surface area (Å²) in [5, 5.41) is 3.50. The molecule has 0 saturated carbocycles. The molecule has 1 aromatic carbocycles. The topological polar surface area (TPSA) is 15.3 Å². The maximum absolute atomic E-state index is 3.50. The fourth-order valence-electron chi connectivity index (χ4n) is 3.26. The minimum absolute atomic E-state index is 0.547. The molecule has 21 heavy (non-hydrogen) atoms. The Bertz CT molecular complexity index is 406. The minimum atomic E-state index is 0.547. The minimum Gasteiger partial charge on any atom is -0.310 e. The summed E-state index contributed by atoms with van der Waals surface area (Å²) >= 11 is 0. The van der Waals surface area contributed by atoms with Crippen molar-refractivity contribution in [2.45, 2.75) is 65.6 Å². The van der Waals surface area contributed by atoms with E-state index in [9.17, 15) is 0 Å². The van der Waals surface area contributed by atoms with E-state index < -0.39 is 0 Å². The number of likely N-dealkylation sites (tertiary alicyclic amines) is 1. The second-order valence-corrected chi connectivity index (χ2v) is 6.86. The van der Waals surface area contributed by atoms with Gasteiger partial charge in [0.1, 0.15) is 0 Å². The predicted octanol–water partition coefficient (Wildman–Crippen LogP) is 4.20. The maximum atomic E-state index is 3.50. The van der Waals surface area contributed by atoms with Crippen molar-refractivity contribution in [3.63, 3.8) is 0 Å². The van der Waals surface area contributed by atoms with Crippen LogP contribution >= 0.6 is 0 Å². The quantitative estimate of drug-likeness (QED) is 0.809. The Labute approximate surface area is 130 Å². The van der Waals surface area contributed by atoms with Crippen LogP contribution in [0.2, 0.25) is 0 Å². The molecule has 2 rings (SSSR count). The standard InChI is InChI=1S/C19H32N2/c1-4-6-17-9-11-21(12-10-17)15-19-8-5-7-18(13-19)14-20-16(2)3/h5,7-8,13,16-17,20H,4,6,9-12,14-15H2,1-3H3. The molecule has 2 nitrogen and oxygen atoms in total. The lowest BCUT2D eigenvalue weighted by Crippen LogP contribution is -2.33. The molecule has 1 N–H and O–H groups in total. The van der Waals surface area contributed by atoms with Gasteiger partial charge in [0.15, 0.2) is 0 Å². The molecule has 1 aliphatic rings. The molecule has 0 aromatic heterocycles. The fraction of sp³-hybridized carbons (Fsp3) is 0.684. The van der Waals surface area contributed by atoms with Crippen molar-refractivity contribution in [3.8, 4) is 0 Å². The van der Waals surface area contributed by atoms with Gasteiger partial charge < -0.3 is 5.32 Å². The molecule has 0 spiro atoms. The maximum Gasteiger partial charge on any atom is 0.0233 e. The SMILES string of the molecule is CCCC1CCN(Cc2cccc(CNC(C)C)c2)CC1. The summed E-state index contributed by atoms with van der Waals surface area (Å²) in [7, 11) is 0. The van der Waals surface area contributed by atoms with Crippen molar-refractivity contribution in [2.75, 3.05) is 13.1 Å². The molecule has 0 bridgehead atoms. The highest BCUT2D eigenvalue weighted by Crippen LogP contribution is 2.23. The zero-order valence-electron chi connectivity index (χ0n) is 14.1. The van der Waals surface area contributed by atoms with E-state index >= 15 is 0 Å². The van der Waals surface area contributed by atoms with Crippen LogP contribution in [-0.2, 0) is 13.1 Å². The van der Waals surface area contributed by atoms with Crippen LogP contribution in [0.1, 0.15) is 57.6 Å². The van der Waals surface area contributed by atoms with Crippen LogP contribution < -0.4 is 5.32 Å². The third-order valence-corrected chi connectivity index (χ3v) is 4.52. The van der Waals surface area contributed by atoms with Crippen LogP contribution in [-0.4, -0.2) is 24.0 Å². The van der Waals surface area contributed by atoms with Crippen LogP contribution in [0.4, 0.5) is 0 Å². The van der Waals surface area contributed by atoms with Gasteiger partial charge in [0.25, 0.3) is 0 Å². The Morgan fingerprint density at radius 3 is 2.57 bits per heavy atom. The first kappa shape index (κ1) is 16.5. The third-order valence-electron chi connectivity index (χ3n) is 4.52. The van der Waals surface area contributed by atoms with Gasteiger partial charge >= 0.3 is 0 Å². The van der Waals surface area contributed by atoms with Crippen molar-refractivity contribution in [1.82, 2.24) is 10.2 Å². The third kappa shape index (κ3) is 5.80. The van der Waals surface area contributed by atoms with E-state index in [1.54, 1.807) is 0 Å². The monoisotopic (exact) mass is 288 g/mol. The zero-order chi connectivity index (χ0) is 15.1. The highest BCUT2D eigenvalue weighted by molar-refractivity contribution is 5.23. The summed E-state index contributed by atoms with van der Waals surface area (Å²) in [6, 6.07) is 9.62. The Morgan fingerprint density at radius 2 is 1.90 bits per heavy atom. The second kappa shape index (κ2) is 8.55. The Hall–Kier alpha value is -0.860. The molecule has 1 aromatic rings. The Kier molecular flexibility index (Phi) is 6.72. The number of benzene rings is 1. The molecule has 0 aliphatic carbocycles. The molecule has 1 fully saturated rings. The smallest absolute Gasteiger partial charge is 0.0233 e. The van der Waals surface area contributed by atoms with E-state index in [-0.39, 0.29) is 0 Å². The van der Waals surface area contributed by atoms with Gasteiger partial charge in [-0.2, -0.15) is 0 Å². The number of rotatable bonds is 7. The number of hydrogen-bond acceptors (Lipinski definition) is 2. The van der Waals surface area contributed by atoms with E-state index in [2.05, 4.69) is 55.3 Å². The van der Waals surface area contributed by atoms with Gasteiger partial charge in [-0.25, -0.2) is 0 Å². The number of piperidine rings is 1. The van der Waals surface area contributed by atoms with Gasteiger partial charge in [-0.15, -0.1) is 0 Å². The fourth-order valence-corrected chi connectivity index (χ4v) is 3.26. The molecule has 0 amide bonds. The summed E-state index contributed by atoms with van der Waals surface area (Å²) < 4.78 is 0. The first-order valence-electron chi connectivity index (χ1n) is 8.71. The van der Waals surface area contributed by atoms with E-state index in [0.717, 1.165) is 19.0 Å². The molecule has 0 radical (unpaired) electrons. The lowest BCUT2D eigenvalue weighted by molar-refractivity contribution is 0.172. The van der Waals surface area contributed by atoms with Crippen LogP contribution in [0.3, 0.4) is 0 Å². The van der Waals surface area contributed by atoms with E-state index in [4.69, 9.17) is 0 Å². The average molecular weight is 288 g/mol. The molecular weight excluding hydrogens is 256 g/mol. The Balaban J connectivity index is 1.81. The van der Waals surface area contributed by atoms with Gasteiger partial charge in [-0.1, -0.05) is 57.9 Å². The van der Waals surface area contributed by atoms with Gasteiger partial charge in [0.05, 0.1) is 0 Å². The lowest BCUT2D eigenvalue weighted by atomic mass is 9.92. The van der Waals surface area contributed by atoms with E-state index in [1.807, 2.05) is 0 Å². The number of nitrogens with one attached hydrogen (secondary N) is 1. The van der Waals surface area contributed by atoms with Gasteiger partial charge in [-0.3, -0.25) is 4.90 Å². The molecule has 1 saturated heterocycles. The first-order chi connectivity index (χ1) is 10.2. The van der Waals surface area contributed by atoms with Gasteiger partial charge in [0, 0.05) is 19.1 Å². The van der Waals surface area contributed by atoms with Crippen LogP contribution in [0.25, 0.3) is 0 Å². The molecule has 1 heterocycles. The summed E-state index contributed by atoms with van der Waals surface area (Å²) in [6.07, 6.45) is 5.55.